The first-order valence-electron chi connectivity index (χ1n) is 9.84. The number of nitro groups is 1. The number of aryl methyl sites for hydroxylation is 2. The van der Waals surface area contributed by atoms with E-state index in [1.54, 1.807) is 61.5 Å². The van der Waals surface area contributed by atoms with Gasteiger partial charge in [-0.05, 0) is 61.5 Å². The number of nitrogens with zero attached hydrogens (tertiary/aromatic N) is 2. The average molecular weight is 428 g/mol. The van der Waals surface area contributed by atoms with Crippen molar-refractivity contribution in [3.8, 4) is 11.1 Å². The Morgan fingerprint density at radius 1 is 0.871 bits per heavy atom. The van der Waals surface area contributed by atoms with E-state index in [9.17, 15) is 19.7 Å². The molecule has 166 valence electrons. The summed E-state index contributed by atoms with van der Waals surface area (Å²) >= 11 is 0. The monoisotopic (exact) mass is 428 g/mol. The van der Waals surface area contributed by atoms with Crippen LogP contribution in [-0.2, 0) is 9.47 Å². The molecular weight excluding hydrogens is 400 g/mol. The fourth-order valence-corrected chi connectivity index (χ4v) is 3.12. The number of esters is 2. The van der Waals surface area contributed by atoms with Gasteiger partial charge in [0.15, 0.2) is 0 Å². The van der Waals surface area contributed by atoms with Gasteiger partial charge in [0.1, 0.15) is 11.2 Å². The molecule has 1 aromatic carbocycles. The van der Waals surface area contributed by atoms with E-state index in [2.05, 4.69) is 4.98 Å². The fraction of sp³-hybridized carbons (Fsp3) is 0.435. The molecule has 0 saturated carbocycles. The molecule has 0 aliphatic carbocycles. The summed E-state index contributed by atoms with van der Waals surface area (Å²) in [5.74, 6) is -1.45. The Bertz CT molecular complexity index is 993. The topological polar surface area (TPSA) is 109 Å². The summed E-state index contributed by atoms with van der Waals surface area (Å²) in [7, 11) is 0. The van der Waals surface area contributed by atoms with Crippen LogP contribution < -0.4 is 0 Å². The molecule has 0 unspecified atom stereocenters. The summed E-state index contributed by atoms with van der Waals surface area (Å²) in [4.78, 5) is 41.8. The number of pyridine rings is 1. The lowest BCUT2D eigenvalue weighted by atomic mass is 9.91. The van der Waals surface area contributed by atoms with Crippen LogP contribution in [0.2, 0.25) is 0 Å². The summed E-state index contributed by atoms with van der Waals surface area (Å²) < 4.78 is 11.1. The van der Waals surface area contributed by atoms with Crippen LogP contribution in [0.5, 0.6) is 0 Å². The number of rotatable bonds is 4. The zero-order valence-corrected chi connectivity index (χ0v) is 19.2. The van der Waals surface area contributed by atoms with E-state index < -0.39 is 28.1 Å². The minimum absolute atomic E-state index is 0.00400. The minimum Gasteiger partial charge on any atom is -0.456 e. The first-order chi connectivity index (χ1) is 14.1. The molecule has 0 amide bonds. The highest BCUT2D eigenvalue weighted by Gasteiger charge is 2.33. The molecule has 0 aliphatic rings. The van der Waals surface area contributed by atoms with Gasteiger partial charge in [0.05, 0.1) is 33.0 Å². The second kappa shape index (κ2) is 8.45. The van der Waals surface area contributed by atoms with Crippen molar-refractivity contribution in [2.45, 2.75) is 66.6 Å². The van der Waals surface area contributed by atoms with Crippen LogP contribution in [0.1, 0.15) is 73.6 Å². The van der Waals surface area contributed by atoms with Gasteiger partial charge in [0.2, 0.25) is 0 Å². The molecule has 1 aromatic heterocycles. The fourth-order valence-electron chi connectivity index (χ4n) is 3.12. The number of nitro benzene ring substituents is 1. The normalized spacial score (nSPS) is 11.7. The van der Waals surface area contributed by atoms with Crippen molar-refractivity contribution in [1.82, 2.24) is 4.98 Å². The summed E-state index contributed by atoms with van der Waals surface area (Å²) in [5.41, 5.74) is -1.10. The lowest BCUT2D eigenvalue weighted by Crippen LogP contribution is -2.28. The Labute approximate surface area is 181 Å². The Balaban J connectivity index is 2.96. The van der Waals surface area contributed by atoms with Crippen LogP contribution >= 0.6 is 0 Å². The lowest BCUT2D eigenvalue weighted by Gasteiger charge is -2.24. The van der Waals surface area contributed by atoms with Crippen LogP contribution in [0, 0.1) is 24.0 Å². The molecule has 0 aliphatic heterocycles. The number of carbonyl (C=O) groups excluding carboxylic acids is 2. The van der Waals surface area contributed by atoms with Gasteiger partial charge < -0.3 is 9.47 Å². The maximum absolute atomic E-state index is 13.1. The maximum Gasteiger partial charge on any atom is 0.341 e. The molecule has 1 heterocycles. The largest absolute Gasteiger partial charge is 0.456 e. The number of aromatic nitrogens is 1. The van der Waals surface area contributed by atoms with E-state index in [-0.39, 0.29) is 27.9 Å². The van der Waals surface area contributed by atoms with E-state index in [0.717, 1.165) is 0 Å². The maximum atomic E-state index is 13.1. The predicted molar refractivity (Wildman–Crippen MR) is 116 cm³/mol. The number of hydrogen-bond acceptors (Lipinski definition) is 7. The molecule has 0 atom stereocenters. The second-order valence-electron chi connectivity index (χ2n) is 9.19. The van der Waals surface area contributed by atoms with Gasteiger partial charge in [0.25, 0.3) is 5.69 Å². The standard InChI is InChI=1S/C23H28N2O6/c1-13-17(20(26)30-22(3,4)5)19(15-11-9-10-12-16(15)25(28)29)18(14(2)24-13)21(27)31-23(6,7)8/h9-12H,1-8H3. The summed E-state index contributed by atoms with van der Waals surface area (Å²) in [6.45, 7) is 13.5. The van der Waals surface area contributed by atoms with Gasteiger partial charge in [0, 0.05) is 11.6 Å². The Morgan fingerprint density at radius 2 is 1.29 bits per heavy atom. The molecular formula is C23H28N2O6. The van der Waals surface area contributed by atoms with Crippen LogP contribution in [0.25, 0.3) is 11.1 Å². The minimum atomic E-state index is -0.819. The smallest absolute Gasteiger partial charge is 0.341 e. The van der Waals surface area contributed by atoms with Crippen molar-refractivity contribution in [3.63, 3.8) is 0 Å². The van der Waals surface area contributed by atoms with Crippen molar-refractivity contribution >= 4 is 17.6 Å². The van der Waals surface area contributed by atoms with Crippen LogP contribution in [0.4, 0.5) is 5.69 Å². The van der Waals surface area contributed by atoms with Crippen molar-refractivity contribution in [3.05, 3.63) is 56.9 Å². The molecule has 2 aromatic rings. The highest BCUT2D eigenvalue weighted by Crippen LogP contribution is 2.38. The number of para-hydroxylation sites is 1. The Morgan fingerprint density at radius 3 is 1.68 bits per heavy atom. The first kappa shape index (κ1) is 24.0. The van der Waals surface area contributed by atoms with Gasteiger partial charge in [-0.1, -0.05) is 12.1 Å². The Hall–Kier alpha value is -3.29. The number of carbonyl (C=O) groups is 2. The quantitative estimate of drug-likeness (QED) is 0.375. The molecule has 2 rings (SSSR count). The van der Waals surface area contributed by atoms with Crippen LogP contribution in [0.15, 0.2) is 24.3 Å². The summed E-state index contributed by atoms with van der Waals surface area (Å²) in [6, 6.07) is 5.93. The average Bonchev–Trinajstić information content (AvgIpc) is 2.57. The van der Waals surface area contributed by atoms with E-state index in [0.29, 0.717) is 11.4 Å². The molecule has 0 spiro atoms. The van der Waals surface area contributed by atoms with Crippen molar-refractivity contribution in [1.29, 1.82) is 0 Å². The van der Waals surface area contributed by atoms with Gasteiger partial charge in [-0.25, -0.2) is 9.59 Å². The third kappa shape index (κ3) is 5.65. The SMILES string of the molecule is Cc1nc(C)c(C(=O)OC(C)(C)C)c(-c2ccccc2[N+](=O)[O-])c1C(=O)OC(C)(C)C. The van der Waals surface area contributed by atoms with Gasteiger partial charge >= 0.3 is 11.9 Å². The Kier molecular flexibility index (Phi) is 6.54. The molecule has 8 heteroatoms. The molecule has 0 N–H and O–H groups in total. The van der Waals surface area contributed by atoms with Crippen LogP contribution in [-0.4, -0.2) is 33.0 Å². The molecule has 0 fully saturated rings. The van der Waals surface area contributed by atoms with Gasteiger partial charge in [-0.15, -0.1) is 0 Å². The van der Waals surface area contributed by atoms with Crippen molar-refractivity contribution in [2.75, 3.05) is 0 Å². The van der Waals surface area contributed by atoms with Crippen LogP contribution in [0.3, 0.4) is 0 Å². The highest BCUT2D eigenvalue weighted by atomic mass is 16.6. The zero-order chi connectivity index (χ0) is 23.7. The summed E-state index contributed by atoms with van der Waals surface area (Å²) in [5, 5.41) is 11.7. The highest BCUT2D eigenvalue weighted by molar-refractivity contribution is 6.08. The molecule has 0 radical (unpaired) electrons. The van der Waals surface area contributed by atoms with Crippen molar-refractivity contribution in [2.24, 2.45) is 0 Å². The number of ether oxygens (including phenoxy) is 2. The van der Waals surface area contributed by atoms with Gasteiger partial charge in [-0.3, -0.25) is 15.1 Å². The third-order valence-corrected chi connectivity index (χ3v) is 4.14. The third-order valence-electron chi connectivity index (χ3n) is 4.14. The molecule has 0 saturated heterocycles. The van der Waals surface area contributed by atoms with E-state index in [4.69, 9.17) is 9.47 Å². The first-order valence-corrected chi connectivity index (χ1v) is 9.84. The number of hydrogen-bond donors (Lipinski definition) is 0. The molecule has 8 nitrogen and oxygen atoms in total. The molecule has 31 heavy (non-hydrogen) atoms. The van der Waals surface area contributed by atoms with Crippen molar-refractivity contribution < 1.29 is 24.0 Å². The lowest BCUT2D eigenvalue weighted by molar-refractivity contribution is -0.384. The predicted octanol–water partition coefficient (Wildman–Crippen LogP) is 5.18. The second-order valence-corrected chi connectivity index (χ2v) is 9.19. The summed E-state index contributed by atoms with van der Waals surface area (Å²) in [6.07, 6.45) is 0. The van der Waals surface area contributed by atoms with E-state index in [1.165, 1.54) is 18.2 Å². The van der Waals surface area contributed by atoms with Gasteiger partial charge in [-0.2, -0.15) is 0 Å². The van der Waals surface area contributed by atoms with E-state index >= 15 is 0 Å². The van der Waals surface area contributed by atoms with E-state index in [1.807, 2.05) is 0 Å². The zero-order valence-electron chi connectivity index (χ0n) is 19.2. The molecule has 0 bridgehead atoms. The number of benzene rings is 1.